The SMILES string of the molecule is CCn1c(C)cc(C(=O)NC2CCCCCC2CO)c1C. The van der Waals surface area contributed by atoms with E-state index in [1.54, 1.807) is 0 Å². The molecule has 1 aliphatic carbocycles. The van der Waals surface area contributed by atoms with Gasteiger partial charge in [0, 0.05) is 36.5 Å². The van der Waals surface area contributed by atoms with E-state index in [9.17, 15) is 9.90 Å². The number of aliphatic hydroxyl groups is 1. The van der Waals surface area contributed by atoms with Crippen molar-refractivity contribution >= 4 is 5.91 Å². The minimum Gasteiger partial charge on any atom is -0.396 e. The van der Waals surface area contributed by atoms with Gasteiger partial charge < -0.3 is 15.0 Å². The maximum Gasteiger partial charge on any atom is 0.253 e. The van der Waals surface area contributed by atoms with Crippen molar-refractivity contribution in [1.29, 1.82) is 0 Å². The molecule has 4 heteroatoms. The van der Waals surface area contributed by atoms with Crippen LogP contribution in [0.4, 0.5) is 0 Å². The Bertz CT molecular complexity index is 493. The second kappa shape index (κ2) is 7.12. The number of carbonyl (C=O) groups excluding carboxylic acids is 1. The molecule has 0 spiro atoms. The van der Waals surface area contributed by atoms with E-state index in [4.69, 9.17) is 0 Å². The molecule has 0 bridgehead atoms. The summed E-state index contributed by atoms with van der Waals surface area (Å²) in [5.74, 6) is 0.208. The Balaban J connectivity index is 2.13. The van der Waals surface area contributed by atoms with E-state index in [1.165, 1.54) is 6.42 Å². The average molecular weight is 292 g/mol. The molecule has 1 aliphatic rings. The number of amides is 1. The summed E-state index contributed by atoms with van der Waals surface area (Å²) in [5, 5.41) is 12.7. The van der Waals surface area contributed by atoms with Crippen LogP contribution in [0.2, 0.25) is 0 Å². The molecule has 1 heterocycles. The molecule has 1 aromatic rings. The predicted octanol–water partition coefficient (Wildman–Crippen LogP) is 2.80. The van der Waals surface area contributed by atoms with Crippen molar-refractivity contribution in [3.8, 4) is 0 Å². The number of rotatable bonds is 4. The van der Waals surface area contributed by atoms with Gasteiger partial charge in [-0.15, -0.1) is 0 Å². The second-order valence-electron chi connectivity index (χ2n) is 6.19. The molecular weight excluding hydrogens is 264 g/mol. The lowest BCUT2D eigenvalue weighted by atomic mass is 9.95. The summed E-state index contributed by atoms with van der Waals surface area (Å²) < 4.78 is 2.16. The monoisotopic (exact) mass is 292 g/mol. The van der Waals surface area contributed by atoms with Gasteiger partial charge in [-0.1, -0.05) is 19.3 Å². The molecule has 1 saturated carbocycles. The van der Waals surface area contributed by atoms with Crippen LogP contribution >= 0.6 is 0 Å². The average Bonchev–Trinajstić information content (AvgIpc) is 2.64. The highest BCUT2D eigenvalue weighted by molar-refractivity contribution is 5.95. The van der Waals surface area contributed by atoms with Gasteiger partial charge >= 0.3 is 0 Å². The minimum absolute atomic E-state index is 0.00755. The first-order valence-corrected chi connectivity index (χ1v) is 8.17. The van der Waals surface area contributed by atoms with Crippen molar-refractivity contribution in [1.82, 2.24) is 9.88 Å². The fourth-order valence-electron chi connectivity index (χ4n) is 3.56. The third kappa shape index (κ3) is 3.49. The topological polar surface area (TPSA) is 54.3 Å². The molecule has 1 fully saturated rings. The molecule has 21 heavy (non-hydrogen) atoms. The number of aryl methyl sites for hydroxylation is 1. The Hall–Kier alpha value is -1.29. The molecule has 1 amide bonds. The van der Waals surface area contributed by atoms with E-state index in [1.807, 2.05) is 19.9 Å². The maximum atomic E-state index is 12.6. The maximum absolute atomic E-state index is 12.6. The zero-order valence-corrected chi connectivity index (χ0v) is 13.5. The molecule has 0 saturated heterocycles. The summed E-state index contributed by atoms with van der Waals surface area (Å²) in [6.45, 7) is 7.18. The summed E-state index contributed by atoms with van der Waals surface area (Å²) >= 11 is 0. The van der Waals surface area contributed by atoms with Crippen LogP contribution in [-0.4, -0.2) is 28.2 Å². The van der Waals surface area contributed by atoms with Gasteiger partial charge in [0.2, 0.25) is 0 Å². The third-order valence-electron chi connectivity index (χ3n) is 4.84. The van der Waals surface area contributed by atoms with Gasteiger partial charge in [0.1, 0.15) is 0 Å². The molecule has 0 aliphatic heterocycles. The first-order chi connectivity index (χ1) is 10.1. The van der Waals surface area contributed by atoms with E-state index >= 15 is 0 Å². The lowest BCUT2D eigenvalue weighted by Crippen LogP contribution is -2.41. The molecule has 4 nitrogen and oxygen atoms in total. The Kier molecular flexibility index (Phi) is 5.45. The molecule has 2 atom stereocenters. The lowest BCUT2D eigenvalue weighted by molar-refractivity contribution is 0.0899. The lowest BCUT2D eigenvalue weighted by Gasteiger charge is -2.24. The predicted molar refractivity (Wildman–Crippen MR) is 84.5 cm³/mol. The van der Waals surface area contributed by atoms with Gasteiger partial charge in [0.15, 0.2) is 0 Å². The van der Waals surface area contributed by atoms with Crippen molar-refractivity contribution in [2.45, 2.75) is 65.5 Å². The molecule has 1 aromatic heterocycles. The van der Waals surface area contributed by atoms with Gasteiger partial charge in [-0.3, -0.25) is 4.79 Å². The molecule has 0 radical (unpaired) electrons. The van der Waals surface area contributed by atoms with Crippen molar-refractivity contribution in [3.63, 3.8) is 0 Å². The van der Waals surface area contributed by atoms with Gasteiger partial charge in [0.25, 0.3) is 5.91 Å². The normalized spacial score (nSPS) is 22.9. The number of aromatic nitrogens is 1. The first kappa shape index (κ1) is 16.1. The highest BCUT2D eigenvalue weighted by atomic mass is 16.3. The van der Waals surface area contributed by atoms with Crippen LogP contribution in [0.3, 0.4) is 0 Å². The van der Waals surface area contributed by atoms with E-state index in [-0.39, 0.29) is 24.5 Å². The number of carbonyl (C=O) groups is 1. The van der Waals surface area contributed by atoms with Crippen LogP contribution in [0.5, 0.6) is 0 Å². The molecule has 2 N–H and O–H groups in total. The Morgan fingerprint density at radius 3 is 2.67 bits per heavy atom. The molecule has 0 aromatic carbocycles. The zero-order valence-electron chi connectivity index (χ0n) is 13.5. The fraction of sp³-hybridized carbons (Fsp3) is 0.706. The number of nitrogens with one attached hydrogen (secondary N) is 1. The third-order valence-corrected chi connectivity index (χ3v) is 4.84. The van der Waals surface area contributed by atoms with Crippen molar-refractivity contribution in [2.24, 2.45) is 5.92 Å². The van der Waals surface area contributed by atoms with Gasteiger partial charge in [-0.25, -0.2) is 0 Å². The van der Waals surface area contributed by atoms with Crippen LogP contribution in [-0.2, 0) is 6.54 Å². The van der Waals surface area contributed by atoms with Crippen LogP contribution in [0.1, 0.15) is 60.8 Å². The summed E-state index contributed by atoms with van der Waals surface area (Å²) in [7, 11) is 0. The van der Waals surface area contributed by atoms with Gasteiger partial charge in [0.05, 0.1) is 5.56 Å². The smallest absolute Gasteiger partial charge is 0.253 e. The van der Waals surface area contributed by atoms with Crippen LogP contribution < -0.4 is 5.32 Å². The van der Waals surface area contributed by atoms with E-state index in [0.717, 1.165) is 49.2 Å². The largest absolute Gasteiger partial charge is 0.396 e. The van der Waals surface area contributed by atoms with Crippen molar-refractivity contribution in [2.75, 3.05) is 6.61 Å². The minimum atomic E-state index is 0.00755. The second-order valence-corrected chi connectivity index (χ2v) is 6.19. The highest BCUT2D eigenvalue weighted by Gasteiger charge is 2.26. The van der Waals surface area contributed by atoms with Crippen LogP contribution in [0, 0.1) is 19.8 Å². The van der Waals surface area contributed by atoms with Gasteiger partial charge in [-0.05, 0) is 39.7 Å². The Labute approximate surface area is 127 Å². The Morgan fingerprint density at radius 1 is 1.33 bits per heavy atom. The van der Waals surface area contributed by atoms with Crippen molar-refractivity contribution < 1.29 is 9.90 Å². The zero-order chi connectivity index (χ0) is 15.4. The Morgan fingerprint density at radius 2 is 2.05 bits per heavy atom. The van der Waals surface area contributed by atoms with E-state index in [2.05, 4.69) is 16.8 Å². The summed E-state index contributed by atoms with van der Waals surface area (Å²) in [5.41, 5.74) is 2.93. The van der Waals surface area contributed by atoms with E-state index < -0.39 is 0 Å². The quantitative estimate of drug-likeness (QED) is 0.838. The van der Waals surface area contributed by atoms with Crippen molar-refractivity contribution in [3.05, 3.63) is 23.0 Å². The summed E-state index contributed by atoms with van der Waals surface area (Å²) in [6.07, 6.45) is 5.48. The van der Waals surface area contributed by atoms with Crippen LogP contribution in [0.15, 0.2) is 6.07 Å². The van der Waals surface area contributed by atoms with Gasteiger partial charge in [-0.2, -0.15) is 0 Å². The molecular formula is C17H28N2O2. The summed E-state index contributed by atoms with van der Waals surface area (Å²) in [4.78, 5) is 12.6. The molecule has 2 rings (SSSR count). The first-order valence-electron chi connectivity index (χ1n) is 8.17. The van der Waals surface area contributed by atoms with Crippen LogP contribution in [0.25, 0.3) is 0 Å². The highest BCUT2D eigenvalue weighted by Crippen LogP contribution is 2.24. The fourth-order valence-corrected chi connectivity index (χ4v) is 3.56. The molecule has 2 unspecified atom stereocenters. The number of aliphatic hydroxyl groups excluding tert-OH is 1. The standard InChI is InChI=1S/C17H28N2O2/c1-4-19-12(2)10-15(13(19)3)17(21)18-16-9-7-5-6-8-14(16)11-20/h10,14,16,20H,4-9,11H2,1-3H3,(H,18,21). The number of hydrogen-bond donors (Lipinski definition) is 2. The summed E-state index contributed by atoms with van der Waals surface area (Å²) in [6, 6.07) is 2.08. The van der Waals surface area contributed by atoms with E-state index in [0.29, 0.717) is 0 Å². The molecule has 118 valence electrons. The number of nitrogens with zero attached hydrogens (tertiary/aromatic N) is 1. The number of hydrogen-bond acceptors (Lipinski definition) is 2.